The van der Waals surface area contributed by atoms with Gasteiger partial charge in [-0.05, 0) is 26.7 Å². The lowest BCUT2D eigenvalue weighted by atomic mass is 9.93. The average molecular weight is 221 g/mol. The Bertz CT molecular complexity index is 273. The number of nitrogens with one attached hydrogen (secondary N) is 1. The van der Waals surface area contributed by atoms with Crippen molar-refractivity contribution >= 4 is 0 Å². The van der Waals surface area contributed by atoms with Gasteiger partial charge in [0.05, 0.1) is 12.5 Å². The zero-order valence-corrected chi connectivity index (χ0v) is 10.5. The summed E-state index contributed by atoms with van der Waals surface area (Å²) in [6.45, 7) is 6.70. The Morgan fingerprint density at radius 3 is 2.69 bits per heavy atom. The van der Waals surface area contributed by atoms with E-state index in [1.807, 2.05) is 0 Å². The first-order valence-electron chi connectivity index (χ1n) is 6.50. The van der Waals surface area contributed by atoms with E-state index in [0.29, 0.717) is 12.5 Å². The minimum atomic E-state index is 0.251. The number of hydrogen-bond donors (Lipinski definition) is 1. The molecule has 3 nitrogen and oxygen atoms in total. The minimum Gasteiger partial charge on any atom is -0.310 e. The summed E-state index contributed by atoms with van der Waals surface area (Å²) >= 11 is 0. The molecule has 2 rings (SSSR count). The van der Waals surface area contributed by atoms with Crippen LogP contribution in [0, 0.1) is 11.3 Å². The van der Waals surface area contributed by atoms with Gasteiger partial charge in [-0.15, -0.1) is 0 Å². The summed E-state index contributed by atoms with van der Waals surface area (Å²) in [5.74, 6) is 0. The summed E-state index contributed by atoms with van der Waals surface area (Å²) in [7, 11) is 0. The molecule has 1 heterocycles. The molecule has 0 aromatic heterocycles. The van der Waals surface area contributed by atoms with Crippen LogP contribution in [0.2, 0.25) is 0 Å². The molecule has 0 radical (unpaired) electrons. The van der Waals surface area contributed by atoms with Gasteiger partial charge in [-0.25, -0.2) is 0 Å². The number of hydrogen-bond acceptors (Lipinski definition) is 3. The van der Waals surface area contributed by atoms with Crippen LogP contribution in [0.1, 0.15) is 46.0 Å². The van der Waals surface area contributed by atoms with E-state index in [4.69, 9.17) is 5.26 Å². The molecule has 0 amide bonds. The fourth-order valence-electron chi connectivity index (χ4n) is 3.15. The fourth-order valence-corrected chi connectivity index (χ4v) is 3.15. The third kappa shape index (κ3) is 2.39. The Kier molecular flexibility index (Phi) is 3.51. The quantitative estimate of drug-likeness (QED) is 0.774. The number of piperazine rings is 1. The second kappa shape index (κ2) is 4.73. The zero-order valence-electron chi connectivity index (χ0n) is 10.5. The summed E-state index contributed by atoms with van der Waals surface area (Å²) in [5.41, 5.74) is 0.251. The second-order valence-electron chi connectivity index (χ2n) is 5.84. The molecule has 1 N–H and O–H groups in total. The van der Waals surface area contributed by atoms with Gasteiger partial charge in [0.2, 0.25) is 0 Å². The molecule has 90 valence electrons. The first kappa shape index (κ1) is 11.9. The van der Waals surface area contributed by atoms with Crippen LogP contribution in [-0.4, -0.2) is 35.6 Å². The van der Waals surface area contributed by atoms with Crippen LogP contribution in [0.25, 0.3) is 0 Å². The van der Waals surface area contributed by atoms with Crippen molar-refractivity contribution in [2.24, 2.45) is 0 Å². The zero-order chi connectivity index (χ0) is 11.6. The van der Waals surface area contributed by atoms with E-state index in [-0.39, 0.29) is 5.54 Å². The Morgan fingerprint density at radius 1 is 1.38 bits per heavy atom. The molecule has 1 aliphatic heterocycles. The van der Waals surface area contributed by atoms with Crippen LogP contribution in [0.15, 0.2) is 0 Å². The molecule has 1 aliphatic carbocycles. The van der Waals surface area contributed by atoms with E-state index in [1.54, 1.807) is 0 Å². The molecule has 1 atom stereocenters. The Labute approximate surface area is 98.8 Å². The molecular weight excluding hydrogens is 198 g/mol. The minimum absolute atomic E-state index is 0.251. The highest BCUT2D eigenvalue weighted by Gasteiger charge is 2.38. The maximum Gasteiger partial charge on any atom is 0.0638 e. The van der Waals surface area contributed by atoms with Crippen LogP contribution in [0.3, 0.4) is 0 Å². The van der Waals surface area contributed by atoms with Gasteiger partial charge in [-0.2, -0.15) is 5.26 Å². The molecule has 2 aliphatic rings. The van der Waals surface area contributed by atoms with E-state index in [1.165, 1.54) is 25.7 Å². The van der Waals surface area contributed by atoms with E-state index in [9.17, 15) is 0 Å². The predicted octanol–water partition coefficient (Wildman–Crippen LogP) is 1.90. The van der Waals surface area contributed by atoms with E-state index in [0.717, 1.165) is 19.1 Å². The molecule has 16 heavy (non-hydrogen) atoms. The van der Waals surface area contributed by atoms with Gasteiger partial charge in [0.15, 0.2) is 0 Å². The summed E-state index contributed by atoms with van der Waals surface area (Å²) in [5, 5.41) is 12.3. The largest absolute Gasteiger partial charge is 0.310 e. The van der Waals surface area contributed by atoms with Gasteiger partial charge in [0.1, 0.15) is 0 Å². The number of nitriles is 1. The van der Waals surface area contributed by atoms with Gasteiger partial charge < -0.3 is 5.32 Å². The summed E-state index contributed by atoms with van der Waals surface area (Å²) in [4.78, 5) is 2.65. The average Bonchev–Trinajstić information content (AvgIpc) is 2.74. The van der Waals surface area contributed by atoms with E-state index < -0.39 is 0 Å². The normalized spacial score (nSPS) is 31.4. The van der Waals surface area contributed by atoms with Gasteiger partial charge in [-0.3, -0.25) is 4.90 Å². The summed E-state index contributed by atoms with van der Waals surface area (Å²) in [6, 6.07) is 3.42. The number of rotatable bonds is 2. The molecule has 0 aromatic rings. The van der Waals surface area contributed by atoms with Crippen LogP contribution in [-0.2, 0) is 0 Å². The topological polar surface area (TPSA) is 39.1 Å². The Morgan fingerprint density at radius 2 is 2.06 bits per heavy atom. The molecular formula is C13H23N3. The Balaban J connectivity index is 2.02. The lowest BCUT2D eigenvalue weighted by Gasteiger charge is -2.49. The highest BCUT2D eigenvalue weighted by atomic mass is 15.3. The van der Waals surface area contributed by atoms with Crippen molar-refractivity contribution in [2.75, 3.05) is 13.1 Å². The molecule has 0 bridgehead atoms. The van der Waals surface area contributed by atoms with Crippen LogP contribution in [0.4, 0.5) is 0 Å². The maximum absolute atomic E-state index is 8.79. The van der Waals surface area contributed by atoms with Crippen LogP contribution >= 0.6 is 0 Å². The van der Waals surface area contributed by atoms with Gasteiger partial charge >= 0.3 is 0 Å². The lowest BCUT2D eigenvalue weighted by Crippen LogP contribution is -2.64. The monoisotopic (exact) mass is 221 g/mol. The lowest BCUT2D eigenvalue weighted by molar-refractivity contribution is 0.0279. The predicted molar refractivity (Wildman–Crippen MR) is 65.1 cm³/mol. The second-order valence-corrected chi connectivity index (χ2v) is 5.84. The SMILES string of the molecule is CC1(C)CNC(CC#N)CN1C1CCCC1. The molecule has 1 saturated heterocycles. The van der Waals surface area contributed by atoms with Crippen LogP contribution < -0.4 is 5.32 Å². The third-order valence-electron chi connectivity index (χ3n) is 4.12. The van der Waals surface area contributed by atoms with Crippen molar-refractivity contribution in [3.05, 3.63) is 0 Å². The highest BCUT2D eigenvalue weighted by molar-refractivity contribution is 4.98. The molecule has 1 saturated carbocycles. The van der Waals surface area contributed by atoms with Gasteiger partial charge in [-0.1, -0.05) is 12.8 Å². The van der Waals surface area contributed by atoms with Crippen molar-refractivity contribution in [3.8, 4) is 6.07 Å². The van der Waals surface area contributed by atoms with E-state index in [2.05, 4.69) is 30.1 Å². The van der Waals surface area contributed by atoms with Crippen molar-refractivity contribution in [1.82, 2.24) is 10.2 Å². The van der Waals surface area contributed by atoms with Crippen molar-refractivity contribution < 1.29 is 0 Å². The summed E-state index contributed by atoms with van der Waals surface area (Å²) in [6.07, 6.45) is 6.10. The van der Waals surface area contributed by atoms with Crippen molar-refractivity contribution in [1.29, 1.82) is 5.26 Å². The molecule has 1 unspecified atom stereocenters. The molecule has 0 aromatic carbocycles. The molecule has 0 spiro atoms. The molecule has 3 heteroatoms. The Hall–Kier alpha value is -0.590. The highest BCUT2D eigenvalue weighted by Crippen LogP contribution is 2.31. The first-order chi connectivity index (χ1) is 7.63. The van der Waals surface area contributed by atoms with Crippen molar-refractivity contribution in [2.45, 2.75) is 63.6 Å². The number of nitrogens with zero attached hydrogens (tertiary/aromatic N) is 2. The fraction of sp³-hybridized carbons (Fsp3) is 0.923. The summed E-state index contributed by atoms with van der Waals surface area (Å²) < 4.78 is 0. The van der Waals surface area contributed by atoms with Crippen molar-refractivity contribution in [3.63, 3.8) is 0 Å². The smallest absolute Gasteiger partial charge is 0.0638 e. The third-order valence-corrected chi connectivity index (χ3v) is 4.12. The first-order valence-corrected chi connectivity index (χ1v) is 6.50. The maximum atomic E-state index is 8.79. The van der Waals surface area contributed by atoms with E-state index >= 15 is 0 Å². The van der Waals surface area contributed by atoms with Gasteiger partial charge in [0.25, 0.3) is 0 Å². The van der Waals surface area contributed by atoms with Gasteiger partial charge in [0, 0.05) is 30.7 Å². The standard InChI is InChI=1S/C13H23N3/c1-13(2)10-15-11(7-8-14)9-16(13)12-5-3-4-6-12/h11-12,15H,3-7,9-10H2,1-2H3. The van der Waals surface area contributed by atoms with Crippen LogP contribution in [0.5, 0.6) is 0 Å². The molecule has 2 fully saturated rings.